The molecule has 0 saturated heterocycles. The second-order valence-electron chi connectivity index (χ2n) is 6.67. The van der Waals surface area contributed by atoms with Crippen molar-refractivity contribution in [3.8, 4) is 0 Å². The third-order valence-corrected chi connectivity index (χ3v) is 4.33. The van der Waals surface area contributed by atoms with Gasteiger partial charge in [-0.3, -0.25) is 9.48 Å². The van der Waals surface area contributed by atoms with Gasteiger partial charge in [-0.15, -0.1) is 0 Å². The van der Waals surface area contributed by atoms with E-state index in [0.29, 0.717) is 10.6 Å². The molecule has 2 atom stereocenters. The lowest BCUT2D eigenvalue weighted by Gasteiger charge is -2.26. The summed E-state index contributed by atoms with van der Waals surface area (Å²) in [6, 6.07) is 7.33. The van der Waals surface area contributed by atoms with E-state index in [9.17, 15) is 9.90 Å². The Hall–Kier alpha value is -1.85. The van der Waals surface area contributed by atoms with Crippen LogP contribution in [0.2, 0.25) is 5.02 Å². The van der Waals surface area contributed by atoms with E-state index in [1.54, 1.807) is 37.1 Å². The maximum atomic E-state index is 12.7. The number of carbonyl (C=O) groups is 1. The van der Waals surface area contributed by atoms with Crippen molar-refractivity contribution in [3.05, 3.63) is 52.8 Å². The molecule has 2 rings (SSSR count). The number of benzene rings is 1. The van der Waals surface area contributed by atoms with Crippen molar-refractivity contribution >= 4 is 17.5 Å². The lowest BCUT2D eigenvalue weighted by molar-refractivity contribution is -0.124. The van der Waals surface area contributed by atoms with E-state index in [1.807, 2.05) is 32.0 Å². The van der Waals surface area contributed by atoms with E-state index in [0.717, 1.165) is 5.56 Å². The van der Waals surface area contributed by atoms with Gasteiger partial charge in [-0.1, -0.05) is 37.6 Å². The van der Waals surface area contributed by atoms with Gasteiger partial charge in [-0.2, -0.15) is 5.10 Å². The van der Waals surface area contributed by atoms with Crippen LogP contribution in [0.5, 0.6) is 0 Å². The number of hydrogen-bond acceptors (Lipinski definition) is 3. The van der Waals surface area contributed by atoms with Crippen molar-refractivity contribution in [1.82, 2.24) is 15.1 Å². The van der Waals surface area contributed by atoms with Crippen LogP contribution < -0.4 is 5.32 Å². The number of aryl methyl sites for hydroxylation is 1. The largest absolute Gasteiger partial charge is 0.383 e. The van der Waals surface area contributed by atoms with Gasteiger partial charge in [0, 0.05) is 23.8 Å². The Morgan fingerprint density at radius 3 is 2.71 bits per heavy atom. The van der Waals surface area contributed by atoms with Crippen molar-refractivity contribution in [2.75, 3.05) is 6.54 Å². The number of aromatic nitrogens is 2. The highest BCUT2D eigenvalue weighted by atomic mass is 35.5. The molecular weight excluding hydrogens is 326 g/mol. The van der Waals surface area contributed by atoms with Gasteiger partial charge in [0.2, 0.25) is 5.91 Å². The lowest BCUT2D eigenvalue weighted by Crippen LogP contribution is -2.41. The SMILES string of the molecule is CC(C)[C@@H](C(=O)NC[C@@](C)(O)c1cnn(C)c1)c1cccc(Cl)c1. The third kappa shape index (κ3) is 4.36. The molecule has 0 aliphatic carbocycles. The fraction of sp³-hybridized carbons (Fsp3) is 0.444. The van der Waals surface area contributed by atoms with Crippen LogP contribution in [0.15, 0.2) is 36.7 Å². The van der Waals surface area contributed by atoms with Crippen LogP contribution in [-0.4, -0.2) is 27.3 Å². The molecule has 0 bridgehead atoms. The third-order valence-electron chi connectivity index (χ3n) is 4.09. The highest BCUT2D eigenvalue weighted by Crippen LogP contribution is 2.27. The summed E-state index contributed by atoms with van der Waals surface area (Å²) < 4.78 is 1.62. The first-order chi connectivity index (χ1) is 11.2. The molecule has 0 fully saturated rings. The molecule has 1 aromatic carbocycles. The molecule has 1 aromatic heterocycles. The number of rotatable bonds is 6. The number of nitrogens with one attached hydrogen (secondary N) is 1. The second kappa shape index (κ2) is 7.36. The fourth-order valence-electron chi connectivity index (χ4n) is 2.71. The average Bonchev–Trinajstić information content (AvgIpc) is 2.93. The van der Waals surface area contributed by atoms with Crippen LogP contribution in [0, 0.1) is 5.92 Å². The molecule has 2 N–H and O–H groups in total. The predicted octanol–water partition coefficient (Wildman–Crippen LogP) is 2.84. The number of aliphatic hydroxyl groups is 1. The van der Waals surface area contributed by atoms with E-state index in [2.05, 4.69) is 10.4 Å². The van der Waals surface area contributed by atoms with Gasteiger partial charge in [0.05, 0.1) is 18.7 Å². The second-order valence-corrected chi connectivity index (χ2v) is 7.11. The van der Waals surface area contributed by atoms with Gasteiger partial charge in [0.15, 0.2) is 0 Å². The molecule has 1 heterocycles. The Bertz CT molecular complexity index is 710. The van der Waals surface area contributed by atoms with E-state index in [4.69, 9.17) is 11.6 Å². The highest BCUT2D eigenvalue weighted by molar-refractivity contribution is 6.30. The monoisotopic (exact) mass is 349 g/mol. The molecule has 0 aliphatic rings. The van der Waals surface area contributed by atoms with Gasteiger partial charge in [0.1, 0.15) is 5.60 Å². The zero-order valence-electron chi connectivity index (χ0n) is 14.5. The van der Waals surface area contributed by atoms with Crippen molar-refractivity contribution < 1.29 is 9.90 Å². The van der Waals surface area contributed by atoms with Crippen LogP contribution in [0.4, 0.5) is 0 Å². The van der Waals surface area contributed by atoms with Crippen LogP contribution in [0.3, 0.4) is 0 Å². The maximum Gasteiger partial charge on any atom is 0.227 e. The summed E-state index contributed by atoms with van der Waals surface area (Å²) in [7, 11) is 1.78. The predicted molar refractivity (Wildman–Crippen MR) is 94.8 cm³/mol. The van der Waals surface area contributed by atoms with Crippen molar-refractivity contribution in [2.24, 2.45) is 13.0 Å². The molecule has 0 saturated carbocycles. The van der Waals surface area contributed by atoms with Gasteiger partial charge >= 0.3 is 0 Å². The summed E-state index contributed by atoms with van der Waals surface area (Å²) in [5.41, 5.74) is 0.352. The zero-order chi connectivity index (χ0) is 17.9. The van der Waals surface area contributed by atoms with E-state index >= 15 is 0 Å². The molecule has 0 radical (unpaired) electrons. The van der Waals surface area contributed by atoms with Crippen LogP contribution in [-0.2, 0) is 17.4 Å². The first kappa shape index (κ1) is 18.5. The normalized spacial score (nSPS) is 15.1. The summed E-state index contributed by atoms with van der Waals surface area (Å²) in [6.07, 6.45) is 3.34. The minimum atomic E-state index is -1.18. The lowest BCUT2D eigenvalue weighted by atomic mass is 9.87. The van der Waals surface area contributed by atoms with Crippen LogP contribution in [0.1, 0.15) is 37.8 Å². The van der Waals surface area contributed by atoms with Gasteiger partial charge in [0.25, 0.3) is 0 Å². The molecule has 0 aliphatic heterocycles. The Balaban J connectivity index is 2.11. The number of hydrogen-bond donors (Lipinski definition) is 2. The van der Waals surface area contributed by atoms with Crippen LogP contribution >= 0.6 is 11.6 Å². The Morgan fingerprint density at radius 1 is 1.46 bits per heavy atom. The highest BCUT2D eigenvalue weighted by Gasteiger charge is 2.29. The molecule has 2 aromatic rings. The summed E-state index contributed by atoms with van der Waals surface area (Å²) >= 11 is 6.05. The van der Waals surface area contributed by atoms with Gasteiger partial charge < -0.3 is 10.4 Å². The standard InChI is InChI=1S/C18H24ClN3O2/c1-12(2)16(13-6-5-7-15(19)8-13)17(23)20-11-18(3,24)14-9-21-22(4)10-14/h5-10,12,16,24H,11H2,1-4H3,(H,20,23)/t16-,18-/m1/s1. The topological polar surface area (TPSA) is 67.2 Å². The fourth-order valence-corrected chi connectivity index (χ4v) is 2.91. The molecule has 0 unspecified atom stereocenters. The quantitative estimate of drug-likeness (QED) is 0.842. The smallest absolute Gasteiger partial charge is 0.227 e. The zero-order valence-corrected chi connectivity index (χ0v) is 15.2. The van der Waals surface area contributed by atoms with E-state index in [1.165, 1.54) is 0 Å². The average molecular weight is 350 g/mol. The summed E-state index contributed by atoms with van der Waals surface area (Å²) in [6.45, 7) is 5.75. The van der Waals surface area contributed by atoms with Crippen molar-refractivity contribution in [1.29, 1.82) is 0 Å². The number of halogens is 1. The van der Waals surface area contributed by atoms with Gasteiger partial charge in [-0.25, -0.2) is 0 Å². The van der Waals surface area contributed by atoms with Gasteiger partial charge in [-0.05, 0) is 30.5 Å². The first-order valence-corrected chi connectivity index (χ1v) is 8.33. The Morgan fingerprint density at radius 2 is 2.17 bits per heavy atom. The van der Waals surface area contributed by atoms with Crippen molar-refractivity contribution in [2.45, 2.75) is 32.3 Å². The first-order valence-electron chi connectivity index (χ1n) is 7.95. The molecule has 1 amide bonds. The Labute approximate surface area is 147 Å². The summed E-state index contributed by atoms with van der Waals surface area (Å²) in [4.78, 5) is 12.7. The Kier molecular flexibility index (Phi) is 5.67. The molecule has 5 nitrogen and oxygen atoms in total. The summed E-state index contributed by atoms with van der Waals surface area (Å²) in [5, 5.41) is 18.1. The minimum Gasteiger partial charge on any atom is -0.383 e. The molecular formula is C18H24ClN3O2. The maximum absolute atomic E-state index is 12.7. The molecule has 0 spiro atoms. The molecule has 24 heavy (non-hydrogen) atoms. The van der Waals surface area contributed by atoms with E-state index in [-0.39, 0.29) is 24.3 Å². The molecule has 130 valence electrons. The minimum absolute atomic E-state index is 0.104. The number of nitrogens with zero attached hydrogens (tertiary/aromatic N) is 2. The van der Waals surface area contributed by atoms with Crippen LogP contribution in [0.25, 0.3) is 0 Å². The number of carbonyl (C=O) groups excluding carboxylic acids is 1. The van der Waals surface area contributed by atoms with E-state index < -0.39 is 5.60 Å². The number of amides is 1. The molecule has 6 heteroatoms. The van der Waals surface area contributed by atoms with Crippen molar-refractivity contribution in [3.63, 3.8) is 0 Å². The summed E-state index contributed by atoms with van der Waals surface area (Å²) in [5.74, 6) is -0.350.